The molecule has 2 heterocycles. The van der Waals surface area contributed by atoms with Crippen molar-refractivity contribution >= 4 is 5.91 Å². The van der Waals surface area contributed by atoms with Crippen molar-refractivity contribution in [1.29, 1.82) is 0 Å². The maximum Gasteiger partial charge on any atom is 0.220 e. The van der Waals surface area contributed by atoms with E-state index in [0.29, 0.717) is 26.2 Å². The van der Waals surface area contributed by atoms with Crippen LogP contribution in [0.5, 0.6) is 0 Å². The Balaban J connectivity index is 1.09. The maximum absolute atomic E-state index is 14.3. The second-order valence-corrected chi connectivity index (χ2v) is 26.8. The van der Waals surface area contributed by atoms with E-state index in [9.17, 15) is 4.79 Å². The van der Waals surface area contributed by atoms with Crippen molar-refractivity contribution in [2.24, 2.45) is 0 Å². The van der Waals surface area contributed by atoms with E-state index in [2.05, 4.69) is 79.8 Å². The number of hydrogen-bond donors (Lipinski definition) is 1. The van der Waals surface area contributed by atoms with Crippen LogP contribution in [0.15, 0.2) is 133 Å². The van der Waals surface area contributed by atoms with Gasteiger partial charge in [0, 0.05) is 6.42 Å². The molecule has 4 aromatic carbocycles. The highest BCUT2D eigenvalue weighted by Gasteiger charge is 2.51. The lowest BCUT2D eigenvalue weighted by Gasteiger charge is -2.46. The molecule has 10 heteroatoms. The standard InChI is InChI=1S/C81H125NO9/c1-5-7-9-11-13-15-17-19-20-21-22-23-24-25-26-27-28-29-31-33-35-37-51-61-75(83)82-72(76-73(90-81(3,4)91-76)60-50-36-34-32-30-18-16-14-12-10-8-6-2)66-88-80-79(87-65-71-58-48-41-49-59-71)78(86-64-70-56-46-40-47-57-70)77(85-63-69-54-44-39-45-55-69)74(89-80)67-84-62-68-52-42-38-43-53-68/h38-50,52-60,72-74,76-80H,5-37,51,61-67H2,1-4H3,(H,82,83)/b60-50-/t72-,73+,74+,76-,77-,78-,79+,80-/m0/s1. The van der Waals surface area contributed by atoms with Gasteiger partial charge in [0.15, 0.2) is 12.1 Å². The molecule has 0 aliphatic carbocycles. The van der Waals surface area contributed by atoms with E-state index in [-0.39, 0.29) is 25.7 Å². The fourth-order valence-electron chi connectivity index (χ4n) is 12.9. The van der Waals surface area contributed by atoms with Gasteiger partial charge in [0.05, 0.1) is 45.7 Å². The third kappa shape index (κ3) is 33.1. The molecule has 2 aliphatic rings. The number of nitrogens with one attached hydrogen (secondary N) is 1. The second kappa shape index (κ2) is 48.5. The largest absolute Gasteiger partial charge is 0.374 e. The van der Waals surface area contributed by atoms with Gasteiger partial charge in [-0.1, -0.05) is 346 Å². The molecule has 0 unspecified atom stereocenters. The van der Waals surface area contributed by atoms with Crippen molar-refractivity contribution in [2.45, 2.75) is 334 Å². The summed E-state index contributed by atoms with van der Waals surface area (Å²) in [5, 5.41) is 3.44. The Labute approximate surface area is 553 Å². The zero-order chi connectivity index (χ0) is 63.9. The first-order valence-electron chi connectivity index (χ1n) is 37.0. The smallest absolute Gasteiger partial charge is 0.220 e. The third-order valence-corrected chi connectivity index (χ3v) is 18.2. The Hall–Kier alpha value is -4.23. The van der Waals surface area contributed by atoms with Crippen LogP contribution in [-0.4, -0.2) is 73.9 Å². The Morgan fingerprint density at radius 1 is 0.451 bits per heavy atom. The molecule has 0 spiro atoms. The topological polar surface area (TPSA) is 103 Å². The van der Waals surface area contributed by atoms with Crippen LogP contribution in [0, 0.1) is 0 Å². The number of benzene rings is 4. The van der Waals surface area contributed by atoms with Crippen molar-refractivity contribution in [2.75, 3.05) is 13.2 Å². The monoisotopic (exact) mass is 1260 g/mol. The van der Waals surface area contributed by atoms with E-state index in [0.717, 1.165) is 54.4 Å². The van der Waals surface area contributed by atoms with E-state index < -0.39 is 54.7 Å². The first-order chi connectivity index (χ1) is 44.8. The molecule has 6 rings (SSSR count). The minimum absolute atomic E-state index is 0.0226. The molecule has 1 N–H and O–H groups in total. The number of unbranched alkanes of at least 4 members (excludes halogenated alkanes) is 32. The Morgan fingerprint density at radius 3 is 1.25 bits per heavy atom. The van der Waals surface area contributed by atoms with Crippen molar-refractivity contribution < 1.29 is 42.7 Å². The van der Waals surface area contributed by atoms with Crippen LogP contribution in [-0.2, 0) is 69.1 Å². The van der Waals surface area contributed by atoms with Gasteiger partial charge in [0.2, 0.25) is 5.91 Å². The molecule has 0 bridgehead atoms. The lowest BCUT2D eigenvalue weighted by Crippen LogP contribution is -2.62. The number of ether oxygens (including phenoxy) is 8. The lowest BCUT2D eigenvalue weighted by atomic mass is 9.97. The summed E-state index contributed by atoms with van der Waals surface area (Å²) >= 11 is 0. The van der Waals surface area contributed by atoms with Crippen LogP contribution < -0.4 is 5.32 Å². The summed E-state index contributed by atoms with van der Waals surface area (Å²) in [7, 11) is 0. The number of amides is 1. The van der Waals surface area contributed by atoms with Gasteiger partial charge in [-0.05, 0) is 55.4 Å². The fourth-order valence-corrected chi connectivity index (χ4v) is 12.9. The summed E-state index contributed by atoms with van der Waals surface area (Å²) in [6.07, 6.45) is 44.8. The van der Waals surface area contributed by atoms with Gasteiger partial charge in [-0.3, -0.25) is 4.79 Å². The maximum atomic E-state index is 14.3. The molecule has 0 aromatic heterocycles. The van der Waals surface area contributed by atoms with Gasteiger partial charge in [-0.25, -0.2) is 0 Å². The van der Waals surface area contributed by atoms with E-state index >= 15 is 0 Å². The Kier molecular flexibility index (Phi) is 40.4. The molecule has 8 atom stereocenters. The molecular formula is C81H125NO9. The van der Waals surface area contributed by atoms with Gasteiger partial charge >= 0.3 is 0 Å². The van der Waals surface area contributed by atoms with E-state index in [1.54, 1.807) is 0 Å². The first kappa shape index (κ1) is 75.8. The lowest BCUT2D eigenvalue weighted by molar-refractivity contribution is -0.329. The summed E-state index contributed by atoms with van der Waals surface area (Å²) in [5.74, 6) is -0.916. The fraction of sp³-hybridized carbons (Fsp3) is 0.667. The molecule has 0 saturated carbocycles. The molecule has 91 heavy (non-hydrogen) atoms. The van der Waals surface area contributed by atoms with Gasteiger partial charge in [-0.15, -0.1) is 0 Å². The summed E-state index contributed by atoms with van der Waals surface area (Å²) in [6, 6.07) is 40.1. The molecule has 4 aromatic rings. The second-order valence-electron chi connectivity index (χ2n) is 26.8. The predicted molar refractivity (Wildman–Crippen MR) is 374 cm³/mol. The molecule has 2 fully saturated rings. The molecule has 2 saturated heterocycles. The van der Waals surface area contributed by atoms with E-state index in [1.165, 1.54) is 186 Å². The summed E-state index contributed by atoms with van der Waals surface area (Å²) in [5.41, 5.74) is 4.09. The van der Waals surface area contributed by atoms with Crippen molar-refractivity contribution in [3.8, 4) is 0 Å². The van der Waals surface area contributed by atoms with Gasteiger partial charge in [-0.2, -0.15) is 0 Å². The highest BCUT2D eigenvalue weighted by atomic mass is 16.8. The highest BCUT2D eigenvalue weighted by Crippen LogP contribution is 2.35. The zero-order valence-corrected chi connectivity index (χ0v) is 57.5. The number of carbonyl (C=O) groups is 1. The van der Waals surface area contributed by atoms with Crippen LogP contribution in [0.1, 0.15) is 275 Å². The van der Waals surface area contributed by atoms with Crippen molar-refractivity contribution in [3.63, 3.8) is 0 Å². The number of allylic oxidation sites excluding steroid dienone is 1. The number of carbonyl (C=O) groups excluding carboxylic acids is 1. The molecule has 1 amide bonds. The summed E-state index contributed by atoms with van der Waals surface area (Å²) in [6.45, 7) is 10.0. The molecule has 10 nitrogen and oxygen atoms in total. The van der Waals surface area contributed by atoms with Gasteiger partial charge < -0.3 is 43.2 Å². The Bertz CT molecular complexity index is 2370. The Morgan fingerprint density at radius 2 is 0.824 bits per heavy atom. The van der Waals surface area contributed by atoms with Crippen LogP contribution in [0.25, 0.3) is 0 Å². The van der Waals surface area contributed by atoms with E-state index in [4.69, 9.17) is 37.9 Å². The molecule has 0 radical (unpaired) electrons. The van der Waals surface area contributed by atoms with Crippen molar-refractivity contribution in [3.05, 3.63) is 156 Å². The average molecular weight is 1260 g/mol. The highest BCUT2D eigenvalue weighted by molar-refractivity contribution is 5.76. The molecule has 2 aliphatic heterocycles. The number of hydrogen-bond acceptors (Lipinski definition) is 9. The minimum atomic E-state index is -0.962. The van der Waals surface area contributed by atoms with Crippen LogP contribution in [0.4, 0.5) is 0 Å². The number of rotatable bonds is 54. The first-order valence-corrected chi connectivity index (χ1v) is 37.0. The zero-order valence-electron chi connectivity index (χ0n) is 57.5. The summed E-state index contributed by atoms with van der Waals surface area (Å²) in [4.78, 5) is 14.3. The average Bonchev–Trinajstić information content (AvgIpc) is 1.71. The molecule has 508 valence electrons. The van der Waals surface area contributed by atoms with Crippen LogP contribution in [0.3, 0.4) is 0 Å². The molecular weight excluding hydrogens is 1130 g/mol. The quantitative estimate of drug-likeness (QED) is 0.0342. The van der Waals surface area contributed by atoms with Gasteiger partial charge in [0.25, 0.3) is 0 Å². The third-order valence-electron chi connectivity index (χ3n) is 18.2. The SMILES string of the molecule is CCCCCCCCCCCC/C=C\[C@H]1OC(C)(C)O[C@H]1[C@H](CO[C@H]1O[C@H](COCc2ccccc2)[C@H](OCc2ccccc2)[C@H](OCc2ccccc2)[C@H]1OCc1ccccc1)NC(=O)CCCCCCCCCCCCCCCCCCCCCCCCC. The van der Waals surface area contributed by atoms with Crippen LogP contribution in [0.2, 0.25) is 0 Å². The van der Waals surface area contributed by atoms with E-state index in [1.807, 2.05) is 86.6 Å². The van der Waals surface area contributed by atoms with Crippen molar-refractivity contribution in [1.82, 2.24) is 5.32 Å². The van der Waals surface area contributed by atoms with Crippen LogP contribution >= 0.6 is 0 Å². The minimum Gasteiger partial charge on any atom is -0.374 e. The predicted octanol–water partition coefficient (Wildman–Crippen LogP) is 21.0. The van der Waals surface area contributed by atoms with Gasteiger partial charge in [0.1, 0.15) is 36.6 Å². The summed E-state index contributed by atoms with van der Waals surface area (Å²) < 4.78 is 55.3. The normalized spacial score (nSPS) is 20.2.